The average Bonchev–Trinajstić information content (AvgIpc) is 2.55. The predicted octanol–water partition coefficient (Wildman–Crippen LogP) is 3.36. The number of nitrogens with zero attached hydrogens (tertiary/aromatic N) is 1. The number of guanidine groups is 1. The highest BCUT2D eigenvalue weighted by molar-refractivity contribution is 5.93. The highest BCUT2D eigenvalue weighted by atomic mass is 16.5. The van der Waals surface area contributed by atoms with E-state index in [1.54, 1.807) is 7.11 Å². The van der Waals surface area contributed by atoms with Gasteiger partial charge in [0.1, 0.15) is 0 Å². The molecule has 0 spiro atoms. The highest BCUT2D eigenvalue weighted by Gasteiger charge is 2.05. The molecular weight excluding hydrogens is 274 g/mol. The molecule has 2 rings (SSSR count). The van der Waals surface area contributed by atoms with Gasteiger partial charge in [-0.1, -0.05) is 55.5 Å². The molecule has 0 aliphatic rings. The first-order chi connectivity index (χ1) is 10.7. The molecule has 0 amide bonds. The average molecular weight is 297 g/mol. The molecule has 0 saturated carbocycles. The lowest BCUT2D eigenvalue weighted by Crippen LogP contribution is -2.24. The maximum atomic E-state index is 6.00. The summed E-state index contributed by atoms with van der Waals surface area (Å²) in [5, 5.41) is 3.15. The number of ether oxygens (including phenoxy) is 1. The fourth-order valence-corrected chi connectivity index (χ4v) is 2.22. The Balaban J connectivity index is 1.98. The molecule has 0 heterocycles. The van der Waals surface area contributed by atoms with Crippen molar-refractivity contribution in [1.82, 2.24) is 0 Å². The molecule has 3 N–H and O–H groups in total. The van der Waals surface area contributed by atoms with Crippen molar-refractivity contribution < 1.29 is 4.74 Å². The van der Waals surface area contributed by atoms with Crippen LogP contribution in [0.4, 0.5) is 5.69 Å². The second kappa shape index (κ2) is 8.20. The van der Waals surface area contributed by atoms with Gasteiger partial charge in [-0.05, 0) is 11.6 Å². The van der Waals surface area contributed by atoms with Gasteiger partial charge in [-0.2, -0.15) is 0 Å². The molecule has 0 fully saturated rings. The fraction of sp³-hybridized carbons (Fsp3) is 0.278. The Morgan fingerprint density at radius 1 is 1.14 bits per heavy atom. The third kappa shape index (κ3) is 4.60. The van der Waals surface area contributed by atoms with Crippen LogP contribution in [0.3, 0.4) is 0 Å². The molecule has 0 bridgehead atoms. The van der Waals surface area contributed by atoms with Crippen LogP contribution >= 0.6 is 0 Å². The van der Waals surface area contributed by atoms with E-state index in [0.29, 0.717) is 25.0 Å². The van der Waals surface area contributed by atoms with Crippen LogP contribution in [0.15, 0.2) is 59.6 Å². The van der Waals surface area contributed by atoms with Gasteiger partial charge in [-0.15, -0.1) is 0 Å². The molecule has 116 valence electrons. The Labute approximate surface area is 132 Å². The number of methoxy groups -OCH3 is 1. The van der Waals surface area contributed by atoms with Crippen LogP contribution in [0, 0.1) is 0 Å². The zero-order valence-corrected chi connectivity index (χ0v) is 13.1. The molecule has 1 atom stereocenters. The van der Waals surface area contributed by atoms with Crippen molar-refractivity contribution >= 4 is 11.6 Å². The summed E-state index contributed by atoms with van der Waals surface area (Å²) in [5.74, 6) is 0.752. The van der Waals surface area contributed by atoms with E-state index in [9.17, 15) is 0 Å². The van der Waals surface area contributed by atoms with Crippen LogP contribution in [-0.4, -0.2) is 19.6 Å². The highest BCUT2D eigenvalue weighted by Crippen LogP contribution is 2.16. The number of hydrogen-bond acceptors (Lipinski definition) is 2. The Morgan fingerprint density at radius 2 is 1.82 bits per heavy atom. The summed E-state index contributed by atoms with van der Waals surface area (Å²) in [6, 6.07) is 18.2. The van der Waals surface area contributed by atoms with Gasteiger partial charge in [0.15, 0.2) is 5.96 Å². The molecule has 0 aliphatic carbocycles. The second-order valence-corrected chi connectivity index (χ2v) is 5.25. The smallest absolute Gasteiger partial charge is 0.193 e. The summed E-state index contributed by atoms with van der Waals surface area (Å²) in [7, 11) is 1.68. The van der Waals surface area contributed by atoms with Gasteiger partial charge in [0.2, 0.25) is 0 Å². The molecule has 4 heteroatoms. The van der Waals surface area contributed by atoms with E-state index in [2.05, 4.69) is 29.4 Å². The minimum atomic E-state index is 0.329. The number of para-hydroxylation sites is 1. The molecular formula is C18H23N3O. The first kappa shape index (κ1) is 16.0. The summed E-state index contributed by atoms with van der Waals surface area (Å²) in [4.78, 5) is 4.44. The van der Waals surface area contributed by atoms with E-state index < -0.39 is 0 Å². The van der Waals surface area contributed by atoms with Crippen molar-refractivity contribution in [2.75, 3.05) is 19.0 Å². The molecule has 0 aliphatic heterocycles. The number of nitrogens with one attached hydrogen (secondary N) is 1. The predicted molar refractivity (Wildman–Crippen MR) is 92.1 cm³/mol. The summed E-state index contributed by atoms with van der Waals surface area (Å²) >= 11 is 0. The van der Waals surface area contributed by atoms with Crippen LogP contribution in [0.25, 0.3) is 0 Å². The van der Waals surface area contributed by atoms with E-state index in [-0.39, 0.29) is 0 Å². The first-order valence-electron chi connectivity index (χ1n) is 7.39. The summed E-state index contributed by atoms with van der Waals surface area (Å²) in [5.41, 5.74) is 9.24. The molecule has 0 radical (unpaired) electrons. The Hall–Kier alpha value is -2.33. The van der Waals surface area contributed by atoms with Crippen molar-refractivity contribution in [3.8, 4) is 0 Å². The zero-order valence-electron chi connectivity index (χ0n) is 13.1. The Bertz CT molecular complexity index is 611. The van der Waals surface area contributed by atoms with Crippen molar-refractivity contribution in [3.63, 3.8) is 0 Å². The largest absolute Gasteiger partial charge is 0.380 e. The number of anilines is 1. The first-order valence-corrected chi connectivity index (χ1v) is 7.39. The van der Waals surface area contributed by atoms with Crippen LogP contribution in [0.5, 0.6) is 0 Å². The topological polar surface area (TPSA) is 59.6 Å². The van der Waals surface area contributed by atoms with E-state index in [4.69, 9.17) is 10.5 Å². The van der Waals surface area contributed by atoms with E-state index in [0.717, 1.165) is 11.3 Å². The van der Waals surface area contributed by atoms with Crippen LogP contribution in [0.2, 0.25) is 0 Å². The van der Waals surface area contributed by atoms with Crippen molar-refractivity contribution in [3.05, 3.63) is 65.7 Å². The van der Waals surface area contributed by atoms with Crippen molar-refractivity contribution in [1.29, 1.82) is 0 Å². The molecule has 2 aromatic rings. The van der Waals surface area contributed by atoms with Gasteiger partial charge in [0, 0.05) is 30.8 Å². The lowest BCUT2D eigenvalue weighted by Gasteiger charge is -2.12. The van der Waals surface area contributed by atoms with Gasteiger partial charge in [0.05, 0.1) is 6.61 Å². The van der Waals surface area contributed by atoms with Crippen molar-refractivity contribution in [2.45, 2.75) is 19.4 Å². The van der Waals surface area contributed by atoms with Gasteiger partial charge >= 0.3 is 0 Å². The quantitative estimate of drug-likeness (QED) is 0.635. The number of aliphatic imine (C=N–C) groups is 1. The van der Waals surface area contributed by atoms with Crippen molar-refractivity contribution in [2.24, 2.45) is 10.7 Å². The third-order valence-electron chi connectivity index (χ3n) is 3.48. The van der Waals surface area contributed by atoms with Gasteiger partial charge in [0.25, 0.3) is 0 Å². The normalized spacial score (nSPS) is 12.9. The SMILES string of the molecule is COCc1ccccc1NC(N)=NCC(C)c1ccccc1. The molecule has 1 unspecified atom stereocenters. The lowest BCUT2D eigenvalue weighted by molar-refractivity contribution is 0.185. The maximum absolute atomic E-state index is 6.00. The standard InChI is InChI=1S/C18H23N3O/c1-14(15-8-4-3-5-9-15)12-20-18(19)21-17-11-7-6-10-16(17)13-22-2/h3-11,14H,12-13H2,1-2H3,(H3,19,20,21). The molecule has 4 nitrogen and oxygen atoms in total. The monoisotopic (exact) mass is 297 g/mol. The molecule has 22 heavy (non-hydrogen) atoms. The van der Waals surface area contributed by atoms with Crippen LogP contribution in [0.1, 0.15) is 24.0 Å². The fourth-order valence-electron chi connectivity index (χ4n) is 2.22. The minimum absolute atomic E-state index is 0.329. The zero-order chi connectivity index (χ0) is 15.8. The maximum Gasteiger partial charge on any atom is 0.193 e. The summed E-state index contributed by atoms with van der Waals surface area (Å²) in [6.45, 7) is 3.33. The van der Waals surface area contributed by atoms with E-state index >= 15 is 0 Å². The summed E-state index contributed by atoms with van der Waals surface area (Å²) < 4.78 is 5.19. The van der Waals surface area contributed by atoms with E-state index in [1.165, 1.54) is 5.56 Å². The number of benzene rings is 2. The van der Waals surface area contributed by atoms with Gasteiger partial charge in [-0.3, -0.25) is 4.99 Å². The van der Waals surface area contributed by atoms with Crippen LogP contribution in [-0.2, 0) is 11.3 Å². The Morgan fingerprint density at radius 3 is 2.55 bits per heavy atom. The van der Waals surface area contributed by atoms with E-state index in [1.807, 2.05) is 42.5 Å². The lowest BCUT2D eigenvalue weighted by atomic mass is 10.0. The Kier molecular flexibility index (Phi) is 5.98. The molecule has 0 aromatic heterocycles. The summed E-state index contributed by atoms with van der Waals surface area (Å²) in [6.07, 6.45) is 0. The second-order valence-electron chi connectivity index (χ2n) is 5.25. The van der Waals surface area contributed by atoms with Gasteiger partial charge < -0.3 is 15.8 Å². The number of nitrogens with two attached hydrogens (primary N) is 1. The number of rotatable bonds is 6. The number of hydrogen-bond donors (Lipinski definition) is 2. The molecule has 2 aromatic carbocycles. The minimum Gasteiger partial charge on any atom is -0.380 e. The molecule has 0 saturated heterocycles. The van der Waals surface area contributed by atoms with Crippen LogP contribution < -0.4 is 11.1 Å². The third-order valence-corrected chi connectivity index (χ3v) is 3.48. The van der Waals surface area contributed by atoms with Gasteiger partial charge in [-0.25, -0.2) is 0 Å².